The summed E-state index contributed by atoms with van der Waals surface area (Å²) in [4.78, 5) is 0. The van der Waals surface area contributed by atoms with E-state index in [1.54, 1.807) is 0 Å². The zero-order chi connectivity index (χ0) is 27.4. The second-order valence-corrected chi connectivity index (χ2v) is 11.0. The van der Waals surface area contributed by atoms with Crippen molar-refractivity contribution in [1.29, 1.82) is 0 Å². The Morgan fingerprint density at radius 3 is 1.49 bits per heavy atom. The summed E-state index contributed by atoms with van der Waals surface area (Å²) in [5.74, 6) is 0. The van der Waals surface area contributed by atoms with Gasteiger partial charge >= 0.3 is 0 Å². The van der Waals surface area contributed by atoms with Gasteiger partial charge in [-0.15, -0.1) is 5.11 Å². The van der Waals surface area contributed by atoms with Crippen molar-refractivity contribution in [1.82, 2.24) is 4.48 Å². The van der Waals surface area contributed by atoms with Gasteiger partial charge in [-0.05, 0) is 56.0 Å². The van der Waals surface area contributed by atoms with Crippen LogP contribution in [0.2, 0.25) is 0 Å². The summed E-state index contributed by atoms with van der Waals surface area (Å²) < 4.78 is 0.856. The van der Waals surface area contributed by atoms with E-state index < -0.39 is 0 Å². The highest BCUT2D eigenvalue weighted by molar-refractivity contribution is 5.70. The van der Waals surface area contributed by atoms with E-state index in [0.29, 0.717) is 0 Å². The Morgan fingerprint density at radius 2 is 0.923 bits per heavy atom. The number of hydrogen-bond acceptors (Lipinski definition) is 2. The molecule has 0 aliphatic rings. The van der Waals surface area contributed by atoms with Crippen LogP contribution in [0.5, 0.6) is 0 Å². The van der Waals surface area contributed by atoms with Crippen LogP contribution in [0, 0.1) is 0 Å². The minimum Gasteiger partial charge on any atom is -0.257 e. The molecule has 0 amide bonds. The summed E-state index contributed by atoms with van der Waals surface area (Å²) in [7, 11) is 0. The maximum atomic E-state index is 4.83. The van der Waals surface area contributed by atoms with Crippen molar-refractivity contribution in [2.45, 2.75) is 104 Å². The monoisotopic (exact) mass is 526 g/mol. The number of benzene rings is 3. The maximum Gasteiger partial charge on any atom is 0.165 e. The molecule has 0 fully saturated rings. The van der Waals surface area contributed by atoms with Gasteiger partial charge in [0.15, 0.2) is 5.69 Å². The molecular weight excluding hydrogens is 474 g/mol. The first-order chi connectivity index (χ1) is 19.3. The van der Waals surface area contributed by atoms with E-state index in [0.717, 1.165) is 28.9 Å². The molecule has 0 unspecified atom stereocenters. The number of nitrogens with zero attached hydrogens (tertiary/aromatic N) is 3. The molecule has 0 saturated carbocycles. The van der Waals surface area contributed by atoms with Gasteiger partial charge in [-0.1, -0.05) is 127 Å². The van der Waals surface area contributed by atoms with Crippen LogP contribution in [0.3, 0.4) is 0 Å². The van der Waals surface area contributed by atoms with Crippen LogP contribution in [0.15, 0.2) is 95.2 Å². The van der Waals surface area contributed by atoms with Gasteiger partial charge in [0.05, 0.1) is 18.8 Å². The van der Waals surface area contributed by atoms with Crippen molar-refractivity contribution < 1.29 is 0 Å². The number of para-hydroxylation sites is 2. The van der Waals surface area contributed by atoms with Crippen LogP contribution >= 0.6 is 0 Å². The number of azo groups is 1. The number of hydrogen-bond donors (Lipinski definition) is 0. The first-order valence-corrected chi connectivity index (χ1v) is 15.8. The molecule has 0 atom stereocenters. The Bertz CT molecular complexity index is 1030. The topological polar surface area (TPSA) is 24.7 Å². The van der Waals surface area contributed by atoms with E-state index in [1.807, 2.05) is 30.3 Å². The molecule has 3 nitrogen and oxygen atoms in total. The first kappa shape index (κ1) is 30.8. The minimum atomic E-state index is 0.856. The zero-order valence-electron chi connectivity index (χ0n) is 24.7. The lowest BCUT2D eigenvalue weighted by atomic mass is 10.0. The largest absolute Gasteiger partial charge is 0.257 e. The maximum absolute atomic E-state index is 4.83. The molecular formula is C36H52N3+. The summed E-state index contributed by atoms with van der Waals surface area (Å²) >= 11 is 0. The molecule has 3 heteroatoms. The Morgan fingerprint density at radius 1 is 0.462 bits per heavy atom. The fraction of sp³-hybridized carbons (Fsp3) is 0.500. The van der Waals surface area contributed by atoms with Crippen LogP contribution in [0.1, 0.15) is 104 Å². The van der Waals surface area contributed by atoms with E-state index >= 15 is 0 Å². The van der Waals surface area contributed by atoms with E-state index in [9.17, 15) is 0 Å². The number of quaternary nitrogens is 1. The number of rotatable bonds is 20. The summed E-state index contributed by atoms with van der Waals surface area (Å²) in [6, 6.07) is 30.0. The molecule has 3 aromatic rings. The third kappa shape index (κ3) is 10.4. The third-order valence-electron chi connectivity index (χ3n) is 7.91. The Balaban J connectivity index is 1.88. The lowest BCUT2D eigenvalue weighted by Crippen LogP contribution is -2.46. The van der Waals surface area contributed by atoms with Gasteiger partial charge in [0.1, 0.15) is 11.4 Å². The van der Waals surface area contributed by atoms with Gasteiger partial charge < -0.3 is 0 Å². The summed E-state index contributed by atoms with van der Waals surface area (Å²) in [6.45, 7) is 6.79. The molecule has 0 saturated heterocycles. The second kappa shape index (κ2) is 18.5. The smallest absolute Gasteiger partial charge is 0.165 e. The predicted octanol–water partition coefficient (Wildman–Crippen LogP) is 12.2. The lowest BCUT2D eigenvalue weighted by molar-refractivity contribution is 0.354. The molecule has 3 aromatic carbocycles. The molecule has 0 radical (unpaired) electrons. The molecule has 0 spiro atoms. The van der Waals surface area contributed by atoms with Crippen LogP contribution < -0.4 is 4.48 Å². The molecule has 0 aliphatic heterocycles. The van der Waals surface area contributed by atoms with Gasteiger partial charge in [-0.2, -0.15) is 5.11 Å². The van der Waals surface area contributed by atoms with Crippen LogP contribution in [-0.2, 0) is 0 Å². The fourth-order valence-corrected chi connectivity index (χ4v) is 5.66. The van der Waals surface area contributed by atoms with Crippen LogP contribution in [-0.4, -0.2) is 13.1 Å². The second-order valence-electron chi connectivity index (χ2n) is 11.0. The fourth-order valence-electron chi connectivity index (χ4n) is 5.66. The molecule has 0 aliphatic carbocycles. The quantitative estimate of drug-likeness (QED) is 0.0794. The molecule has 0 bridgehead atoms. The van der Waals surface area contributed by atoms with E-state index in [1.165, 1.54) is 101 Å². The Labute approximate surface area is 239 Å². The van der Waals surface area contributed by atoms with Crippen molar-refractivity contribution in [3.8, 4) is 0 Å². The predicted molar refractivity (Wildman–Crippen MR) is 171 cm³/mol. The highest BCUT2D eigenvalue weighted by Crippen LogP contribution is 2.42. The normalized spacial score (nSPS) is 11.8. The highest BCUT2D eigenvalue weighted by atomic mass is 15.4. The minimum absolute atomic E-state index is 0.856. The van der Waals surface area contributed by atoms with E-state index in [4.69, 9.17) is 5.11 Å². The third-order valence-corrected chi connectivity index (χ3v) is 7.91. The van der Waals surface area contributed by atoms with E-state index in [2.05, 4.69) is 73.6 Å². The number of unbranched alkanes of at least 4 members (excludes halogenated alkanes) is 12. The Hall–Kier alpha value is -2.78. The van der Waals surface area contributed by atoms with Crippen LogP contribution in [0.25, 0.3) is 0 Å². The van der Waals surface area contributed by atoms with Gasteiger partial charge in [0.2, 0.25) is 0 Å². The Kier molecular flexibility index (Phi) is 14.6. The van der Waals surface area contributed by atoms with Gasteiger partial charge in [-0.3, -0.25) is 4.48 Å². The van der Waals surface area contributed by atoms with Crippen molar-refractivity contribution >= 4 is 22.7 Å². The molecule has 39 heavy (non-hydrogen) atoms. The van der Waals surface area contributed by atoms with E-state index in [-0.39, 0.29) is 0 Å². The van der Waals surface area contributed by atoms with Gasteiger partial charge in [-0.25, -0.2) is 0 Å². The van der Waals surface area contributed by atoms with Crippen molar-refractivity contribution in [2.75, 3.05) is 13.1 Å². The molecule has 0 aromatic heterocycles. The average Bonchev–Trinajstić information content (AvgIpc) is 2.99. The lowest BCUT2D eigenvalue weighted by Gasteiger charge is -2.38. The molecule has 210 valence electrons. The average molecular weight is 527 g/mol. The highest BCUT2D eigenvalue weighted by Gasteiger charge is 2.35. The van der Waals surface area contributed by atoms with Gasteiger partial charge in [0, 0.05) is 6.07 Å². The van der Waals surface area contributed by atoms with Crippen molar-refractivity contribution in [3.63, 3.8) is 0 Å². The summed E-state index contributed by atoms with van der Waals surface area (Å²) in [5.41, 5.74) is 4.53. The first-order valence-electron chi connectivity index (χ1n) is 15.8. The summed E-state index contributed by atoms with van der Waals surface area (Å²) in [6.07, 6.45) is 18.5. The van der Waals surface area contributed by atoms with Crippen molar-refractivity contribution in [2.24, 2.45) is 10.2 Å². The SMILES string of the molecule is CCCCCCCCC[N+](CCCCCCCCC)(c1ccccc1)c1ccccc1N=Nc1ccccc1. The van der Waals surface area contributed by atoms with Crippen LogP contribution in [0.4, 0.5) is 22.7 Å². The van der Waals surface area contributed by atoms with Gasteiger partial charge in [0.25, 0.3) is 0 Å². The van der Waals surface area contributed by atoms with Crippen molar-refractivity contribution in [3.05, 3.63) is 84.9 Å². The molecule has 3 rings (SSSR count). The summed E-state index contributed by atoms with van der Waals surface area (Å²) in [5, 5.41) is 9.47. The standard InChI is InChI=1S/C36H52N3/c1-3-5-7-9-11-13-23-31-39(34-27-19-16-20-28-34,32-24-14-12-10-8-6-4-2)36-30-22-21-29-35(36)38-37-33-25-17-15-18-26-33/h15-22,25-30H,3-14,23-24,31-32H2,1-2H3/q+1. The molecule has 0 N–H and O–H groups in total. The zero-order valence-corrected chi connectivity index (χ0v) is 24.7. The molecule has 0 heterocycles.